The molecule has 25 heavy (non-hydrogen) atoms. The number of hydrogen-bond donors (Lipinski definition) is 0. The fourth-order valence-electron chi connectivity index (χ4n) is 3.76. The lowest BCUT2D eigenvalue weighted by atomic mass is 9.78. The van der Waals surface area contributed by atoms with Crippen LogP contribution in [0.3, 0.4) is 0 Å². The predicted molar refractivity (Wildman–Crippen MR) is 101 cm³/mol. The average Bonchev–Trinajstić information content (AvgIpc) is 2.62. The molecule has 2 aliphatic rings. The highest BCUT2D eigenvalue weighted by Crippen LogP contribution is 2.35. The van der Waals surface area contributed by atoms with Gasteiger partial charge in [0.1, 0.15) is 0 Å². The minimum absolute atomic E-state index is 0.228. The van der Waals surface area contributed by atoms with E-state index in [0.29, 0.717) is 5.91 Å². The Balaban J connectivity index is 1.59. The van der Waals surface area contributed by atoms with Crippen LogP contribution in [0.1, 0.15) is 39.5 Å². The molecule has 0 N–H and O–H groups in total. The Bertz CT molecular complexity index is 584. The second-order valence-corrected chi connectivity index (χ2v) is 8.17. The molecule has 2 saturated heterocycles. The first-order valence-electron chi connectivity index (χ1n) is 9.44. The lowest BCUT2D eigenvalue weighted by Crippen LogP contribution is -2.50. The number of likely N-dealkylation sites (tertiary alicyclic amines) is 1. The van der Waals surface area contributed by atoms with Crippen molar-refractivity contribution in [1.29, 1.82) is 0 Å². The minimum Gasteiger partial charge on any atom is -0.361 e. The van der Waals surface area contributed by atoms with Crippen LogP contribution in [-0.2, 0) is 4.79 Å². The van der Waals surface area contributed by atoms with Crippen LogP contribution in [0.15, 0.2) is 12.1 Å². The lowest BCUT2D eigenvalue weighted by Gasteiger charge is -2.42. The molecule has 1 amide bonds. The highest BCUT2D eigenvalue weighted by Gasteiger charge is 2.40. The third-order valence-corrected chi connectivity index (χ3v) is 5.87. The molecule has 2 fully saturated rings. The van der Waals surface area contributed by atoms with Gasteiger partial charge < -0.3 is 14.7 Å². The summed E-state index contributed by atoms with van der Waals surface area (Å²) in [5, 5.41) is 8.62. The van der Waals surface area contributed by atoms with Crippen molar-refractivity contribution in [2.75, 3.05) is 50.1 Å². The van der Waals surface area contributed by atoms with Crippen LogP contribution in [-0.4, -0.2) is 61.3 Å². The maximum absolute atomic E-state index is 13.0. The highest BCUT2D eigenvalue weighted by atomic mass is 16.2. The number of carbonyl (C=O) groups is 1. The van der Waals surface area contributed by atoms with Gasteiger partial charge in [0.05, 0.1) is 0 Å². The van der Waals surface area contributed by atoms with Crippen molar-refractivity contribution in [3.8, 4) is 0 Å². The van der Waals surface area contributed by atoms with Gasteiger partial charge in [-0.3, -0.25) is 4.79 Å². The van der Waals surface area contributed by atoms with Crippen molar-refractivity contribution in [2.24, 2.45) is 11.3 Å². The summed E-state index contributed by atoms with van der Waals surface area (Å²) in [6.07, 6.45) is 4.05. The fourth-order valence-corrected chi connectivity index (χ4v) is 3.76. The largest absolute Gasteiger partial charge is 0.361 e. The van der Waals surface area contributed by atoms with Crippen LogP contribution in [0.4, 0.5) is 11.6 Å². The van der Waals surface area contributed by atoms with E-state index in [0.717, 1.165) is 69.4 Å². The van der Waals surface area contributed by atoms with Crippen molar-refractivity contribution in [3.05, 3.63) is 12.1 Å². The van der Waals surface area contributed by atoms with Crippen molar-refractivity contribution in [2.45, 2.75) is 39.5 Å². The molecule has 0 radical (unpaired) electrons. The summed E-state index contributed by atoms with van der Waals surface area (Å²) in [6, 6.07) is 4.02. The van der Waals surface area contributed by atoms with Crippen LogP contribution >= 0.6 is 0 Å². The van der Waals surface area contributed by atoms with Gasteiger partial charge in [0.25, 0.3) is 0 Å². The van der Waals surface area contributed by atoms with Gasteiger partial charge in [0.15, 0.2) is 11.6 Å². The van der Waals surface area contributed by atoms with Crippen LogP contribution in [0.5, 0.6) is 0 Å². The fraction of sp³-hybridized carbons (Fsp3) is 0.737. The molecule has 2 aliphatic heterocycles. The van der Waals surface area contributed by atoms with Gasteiger partial charge in [-0.05, 0) is 43.7 Å². The molecule has 0 aromatic carbocycles. The van der Waals surface area contributed by atoms with Gasteiger partial charge in [-0.15, -0.1) is 10.2 Å². The van der Waals surface area contributed by atoms with Gasteiger partial charge in [-0.2, -0.15) is 0 Å². The molecule has 138 valence electrons. The van der Waals surface area contributed by atoms with Gasteiger partial charge in [0.2, 0.25) is 5.91 Å². The molecule has 0 atom stereocenters. The second kappa shape index (κ2) is 7.18. The third-order valence-electron chi connectivity index (χ3n) is 5.87. The van der Waals surface area contributed by atoms with Crippen LogP contribution < -0.4 is 9.80 Å². The normalized spacial score (nSPS) is 21.3. The topological polar surface area (TPSA) is 52.6 Å². The molecule has 6 nitrogen and oxygen atoms in total. The zero-order valence-corrected chi connectivity index (χ0v) is 16.0. The molecule has 6 heteroatoms. The number of nitrogens with zero attached hydrogens (tertiary/aromatic N) is 5. The average molecular weight is 345 g/mol. The smallest absolute Gasteiger partial charge is 0.228 e. The minimum atomic E-state index is -0.228. The van der Waals surface area contributed by atoms with Gasteiger partial charge in [-0.25, -0.2) is 0 Å². The molecule has 0 saturated carbocycles. The van der Waals surface area contributed by atoms with E-state index in [2.05, 4.69) is 33.8 Å². The molecule has 0 bridgehead atoms. The number of amides is 1. The Kier molecular flexibility index (Phi) is 5.16. The zero-order valence-electron chi connectivity index (χ0n) is 16.0. The standard InChI is InChI=1S/C19H31N5O/c1-15-7-11-24(12-8-15)18(25)19(2)9-13-23(14-10-19)17-6-5-16(20-21-17)22(3)4/h5-6,15H,7-14H2,1-4H3. The molecule has 3 rings (SSSR count). The summed E-state index contributed by atoms with van der Waals surface area (Å²) < 4.78 is 0. The van der Waals surface area contributed by atoms with Crippen LogP contribution in [0.25, 0.3) is 0 Å². The first-order chi connectivity index (χ1) is 11.9. The van der Waals surface area contributed by atoms with Crippen LogP contribution in [0, 0.1) is 11.3 Å². The van der Waals surface area contributed by atoms with Crippen molar-refractivity contribution >= 4 is 17.5 Å². The van der Waals surface area contributed by atoms with E-state index >= 15 is 0 Å². The van der Waals surface area contributed by atoms with E-state index in [4.69, 9.17) is 0 Å². The number of anilines is 2. The summed E-state index contributed by atoms with van der Waals surface area (Å²) in [5.41, 5.74) is -0.228. The van der Waals surface area contributed by atoms with Crippen LogP contribution in [0.2, 0.25) is 0 Å². The van der Waals surface area contributed by atoms with E-state index in [-0.39, 0.29) is 5.41 Å². The summed E-state index contributed by atoms with van der Waals surface area (Å²) in [7, 11) is 3.92. The first-order valence-corrected chi connectivity index (χ1v) is 9.44. The van der Waals surface area contributed by atoms with E-state index in [9.17, 15) is 4.79 Å². The van der Waals surface area contributed by atoms with Gasteiger partial charge in [0, 0.05) is 45.7 Å². The maximum Gasteiger partial charge on any atom is 0.228 e. The molecule has 3 heterocycles. The summed E-state index contributed by atoms with van der Waals surface area (Å²) in [5.74, 6) is 2.88. The van der Waals surface area contributed by atoms with E-state index in [1.54, 1.807) is 0 Å². The number of rotatable bonds is 3. The Morgan fingerprint density at radius 1 is 1.12 bits per heavy atom. The van der Waals surface area contributed by atoms with E-state index in [1.807, 2.05) is 31.1 Å². The SMILES string of the molecule is CC1CCN(C(=O)C2(C)CCN(c3ccc(N(C)C)nn3)CC2)CC1. The third kappa shape index (κ3) is 3.88. The number of aromatic nitrogens is 2. The summed E-state index contributed by atoms with van der Waals surface area (Å²) in [6.45, 7) is 8.01. The van der Waals surface area contributed by atoms with Gasteiger partial charge >= 0.3 is 0 Å². The van der Waals surface area contributed by atoms with Gasteiger partial charge in [-0.1, -0.05) is 13.8 Å². The number of hydrogen-bond acceptors (Lipinski definition) is 5. The molecule has 1 aromatic heterocycles. The highest BCUT2D eigenvalue weighted by molar-refractivity contribution is 5.82. The Morgan fingerprint density at radius 2 is 1.76 bits per heavy atom. The van der Waals surface area contributed by atoms with Crippen molar-refractivity contribution < 1.29 is 4.79 Å². The van der Waals surface area contributed by atoms with Crippen molar-refractivity contribution in [1.82, 2.24) is 15.1 Å². The van der Waals surface area contributed by atoms with E-state index in [1.165, 1.54) is 0 Å². The quantitative estimate of drug-likeness (QED) is 0.842. The first kappa shape index (κ1) is 18.0. The summed E-state index contributed by atoms with van der Waals surface area (Å²) >= 11 is 0. The van der Waals surface area contributed by atoms with E-state index < -0.39 is 0 Å². The summed E-state index contributed by atoms with van der Waals surface area (Å²) in [4.78, 5) is 19.3. The monoisotopic (exact) mass is 345 g/mol. The zero-order chi connectivity index (χ0) is 18.0. The Hall–Kier alpha value is -1.85. The molecular formula is C19H31N5O. The lowest BCUT2D eigenvalue weighted by molar-refractivity contribution is -0.143. The van der Waals surface area contributed by atoms with Crippen molar-refractivity contribution in [3.63, 3.8) is 0 Å². The second-order valence-electron chi connectivity index (χ2n) is 8.17. The maximum atomic E-state index is 13.0. The molecule has 0 spiro atoms. The number of piperidine rings is 2. The molecule has 1 aromatic rings. The Morgan fingerprint density at radius 3 is 2.28 bits per heavy atom. The Labute approximate surface area is 151 Å². The molecular weight excluding hydrogens is 314 g/mol. The number of carbonyl (C=O) groups excluding carboxylic acids is 1. The predicted octanol–water partition coefficient (Wildman–Crippen LogP) is 2.41. The molecule has 0 unspecified atom stereocenters. The molecule has 0 aliphatic carbocycles.